The predicted octanol–water partition coefficient (Wildman–Crippen LogP) is 2.45. The van der Waals surface area contributed by atoms with Gasteiger partial charge in [0.2, 0.25) is 5.91 Å². The Balaban J connectivity index is 1.67. The maximum absolute atomic E-state index is 12.5. The second-order valence-corrected chi connectivity index (χ2v) is 7.37. The number of aromatic nitrogens is 1. The molecule has 0 aromatic carbocycles. The van der Waals surface area contributed by atoms with Crippen LogP contribution in [-0.4, -0.2) is 22.6 Å². The number of hydrogen-bond acceptors (Lipinski definition) is 4. The molecule has 2 aromatic heterocycles. The van der Waals surface area contributed by atoms with Crippen LogP contribution in [-0.2, 0) is 17.8 Å². The van der Waals surface area contributed by atoms with Gasteiger partial charge in [-0.3, -0.25) is 4.79 Å². The van der Waals surface area contributed by atoms with Crippen molar-refractivity contribution in [2.45, 2.75) is 30.2 Å². The summed E-state index contributed by atoms with van der Waals surface area (Å²) in [6, 6.07) is 7.34. The van der Waals surface area contributed by atoms with E-state index in [-0.39, 0.29) is 11.2 Å². The van der Waals surface area contributed by atoms with Gasteiger partial charge in [-0.05, 0) is 48.2 Å². The average molecular weight is 320 g/mol. The molecule has 1 atom stereocenters. The van der Waals surface area contributed by atoms with E-state index in [0.717, 1.165) is 17.7 Å². The van der Waals surface area contributed by atoms with Crippen LogP contribution in [0.15, 0.2) is 40.9 Å². The molecule has 110 valence electrons. The molecule has 3 heterocycles. The van der Waals surface area contributed by atoms with Gasteiger partial charge in [-0.1, -0.05) is 0 Å². The molecule has 0 saturated carbocycles. The standard InChI is InChI=1S/C15H16N2O2S2/c1-11(21-14-4-2-3-7-17(14)19)15(18)16-8-5-13-12(10-16)6-9-20-13/h2-4,6-7,9,11H,5,8,10H2,1H3. The van der Waals surface area contributed by atoms with E-state index in [9.17, 15) is 10.0 Å². The highest BCUT2D eigenvalue weighted by molar-refractivity contribution is 8.00. The lowest BCUT2D eigenvalue weighted by Gasteiger charge is -2.29. The van der Waals surface area contributed by atoms with Crippen molar-refractivity contribution in [1.82, 2.24) is 4.90 Å². The lowest BCUT2D eigenvalue weighted by molar-refractivity contribution is -0.645. The van der Waals surface area contributed by atoms with Gasteiger partial charge in [0, 0.05) is 30.1 Å². The number of thiophene rings is 1. The van der Waals surface area contributed by atoms with E-state index in [2.05, 4.69) is 11.4 Å². The van der Waals surface area contributed by atoms with Crippen molar-refractivity contribution in [2.75, 3.05) is 6.54 Å². The summed E-state index contributed by atoms with van der Waals surface area (Å²) in [5.74, 6) is 0.0979. The van der Waals surface area contributed by atoms with E-state index in [4.69, 9.17) is 0 Å². The predicted molar refractivity (Wildman–Crippen MR) is 84.2 cm³/mol. The maximum Gasteiger partial charge on any atom is 0.252 e. The molecule has 4 nitrogen and oxygen atoms in total. The zero-order valence-electron chi connectivity index (χ0n) is 11.7. The summed E-state index contributed by atoms with van der Waals surface area (Å²) in [5.41, 5.74) is 1.26. The molecule has 21 heavy (non-hydrogen) atoms. The number of hydrogen-bond donors (Lipinski definition) is 0. The minimum absolute atomic E-state index is 0.0979. The summed E-state index contributed by atoms with van der Waals surface area (Å²) in [6.45, 7) is 3.32. The molecule has 3 rings (SSSR count). The third-order valence-electron chi connectivity index (χ3n) is 3.55. The summed E-state index contributed by atoms with van der Waals surface area (Å²) >= 11 is 3.08. The van der Waals surface area contributed by atoms with Crippen LogP contribution in [0.1, 0.15) is 17.4 Å². The molecule has 0 spiro atoms. The van der Waals surface area contributed by atoms with Crippen molar-refractivity contribution in [2.24, 2.45) is 0 Å². The van der Waals surface area contributed by atoms with Gasteiger partial charge in [-0.25, -0.2) is 0 Å². The van der Waals surface area contributed by atoms with Gasteiger partial charge >= 0.3 is 0 Å². The zero-order valence-corrected chi connectivity index (χ0v) is 13.3. The fourth-order valence-corrected chi connectivity index (χ4v) is 4.25. The molecule has 0 radical (unpaired) electrons. The zero-order chi connectivity index (χ0) is 14.8. The largest absolute Gasteiger partial charge is 0.618 e. The van der Waals surface area contributed by atoms with Crippen LogP contribution in [0, 0.1) is 5.21 Å². The number of thioether (sulfide) groups is 1. The Morgan fingerprint density at radius 1 is 1.48 bits per heavy atom. The smallest absolute Gasteiger partial charge is 0.252 e. The van der Waals surface area contributed by atoms with Gasteiger partial charge in [0.1, 0.15) is 0 Å². The number of amides is 1. The molecule has 1 amide bonds. The van der Waals surface area contributed by atoms with E-state index in [1.54, 1.807) is 23.5 Å². The molecule has 1 unspecified atom stereocenters. The number of pyridine rings is 1. The lowest BCUT2D eigenvalue weighted by atomic mass is 10.1. The van der Waals surface area contributed by atoms with E-state index >= 15 is 0 Å². The summed E-state index contributed by atoms with van der Waals surface area (Å²) in [5, 5.41) is 14.0. The summed E-state index contributed by atoms with van der Waals surface area (Å²) in [7, 11) is 0. The number of rotatable bonds is 3. The Kier molecular flexibility index (Phi) is 4.17. The third kappa shape index (κ3) is 3.06. The highest BCUT2D eigenvalue weighted by atomic mass is 32.2. The van der Waals surface area contributed by atoms with E-state index in [1.807, 2.05) is 17.9 Å². The Bertz CT molecular complexity index is 657. The molecule has 0 saturated heterocycles. The van der Waals surface area contributed by atoms with Gasteiger partial charge in [0.05, 0.1) is 5.25 Å². The van der Waals surface area contributed by atoms with Crippen LogP contribution in [0.2, 0.25) is 0 Å². The van der Waals surface area contributed by atoms with Crippen LogP contribution >= 0.6 is 23.1 Å². The van der Waals surface area contributed by atoms with Crippen molar-refractivity contribution in [3.8, 4) is 0 Å². The van der Waals surface area contributed by atoms with Crippen LogP contribution in [0.5, 0.6) is 0 Å². The molecule has 0 N–H and O–H groups in total. The normalized spacial score (nSPS) is 15.6. The van der Waals surface area contributed by atoms with Crippen LogP contribution in [0.4, 0.5) is 0 Å². The minimum atomic E-state index is -0.257. The van der Waals surface area contributed by atoms with Crippen LogP contribution < -0.4 is 4.73 Å². The molecule has 6 heteroatoms. The molecular formula is C15H16N2O2S2. The maximum atomic E-state index is 12.5. The number of carbonyl (C=O) groups excluding carboxylic acids is 1. The minimum Gasteiger partial charge on any atom is -0.618 e. The highest BCUT2D eigenvalue weighted by Crippen LogP contribution is 2.27. The van der Waals surface area contributed by atoms with Gasteiger partial charge < -0.3 is 10.1 Å². The molecule has 2 aromatic rings. The molecule has 0 bridgehead atoms. The van der Waals surface area contributed by atoms with E-state index in [1.165, 1.54) is 28.4 Å². The van der Waals surface area contributed by atoms with Crippen molar-refractivity contribution in [3.63, 3.8) is 0 Å². The van der Waals surface area contributed by atoms with Gasteiger partial charge in [-0.15, -0.1) is 11.3 Å². The highest BCUT2D eigenvalue weighted by Gasteiger charge is 2.27. The fourth-order valence-electron chi connectivity index (χ4n) is 2.43. The third-order valence-corrected chi connectivity index (χ3v) is 5.69. The first kappa shape index (κ1) is 14.4. The summed E-state index contributed by atoms with van der Waals surface area (Å²) < 4.78 is 0.807. The molecule has 0 fully saturated rings. The van der Waals surface area contributed by atoms with E-state index < -0.39 is 0 Å². The molecule has 1 aliphatic heterocycles. The summed E-state index contributed by atoms with van der Waals surface area (Å²) in [4.78, 5) is 15.8. The van der Waals surface area contributed by atoms with Gasteiger partial charge in [-0.2, -0.15) is 4.73 Å². The molecular weight excluding hydrogens is 304 g/mol. The number of carbonyl (C=O) groups is 1. The molecule has 1 aliphatic rings. The van der Waals surface area contributed by atoms with E-state index in [0.29, 0.717) is 11.6 Å². The van der Waals surface area contributed by atoms with Gasteiger partial charge in [0.25, 0.3) is 5.03 Å². The second kappa shape index (κ2) is 6.07. The quantitative estimate of drug-likeness (QED) is 0.496. The second-order valence-electron chi connectivity index (χ2n) is 5.00. The monoisotopic (exact) mass is 320 g/mol. The average Bonchev–Trinajstić information content (AvgIpc) is 2.96. The number of nitrogens with zero attached hydrogens (tertiary/aromatic N) is 2. The van der Waals surface area contributed by atoms with Crippen LogP contribution in [0.3, 0.4) is 0 Å². The van der Waals surface area contributed by atoms with Crippen molar-refractivity contribution < 1.29 is 9.52 Å². The van der Waals surface area contributed by atoms with Gasteiger partial charge in [0.15, 0.2) is 6.20 Å². The Labute approximate surface area is 132 Å². The van der Waals surface area contributed by atoms with Crippen molar-refractivity contribution in [3.05, 3.63) is 51.5 Å². The lowest BCUT2D eigenvalue weighted by Crippen LogP contribution is -2.40. The fraction of sp³-hybridized carbons (Fsp3) is 0.333. The molecule has 0 aliphatic carbocycles. The number of fused-ring (bicyclic) bond motifs is 1. The Morgan fingerprint density at radius 3 is 3.14 bits per heavy atom. The first-order valence-electron chi connectivity index (χ1n) is 6.84. The van der Waals surface area contributed by atoms with Crippen molar-refractivity contribution >= 4 is 29.0 Å². The van der Waals surface area contributed by atoms with Crippen LogP contribution in [0.25, 0.3) is 0 Å². The van der Waals surface area contributed by atoms with Crippen molar-refractivity contribution in [1.29, 1.82) is 0 Å². The summed E-state index contributed by atoms with van der Waals surface area (Å²) in [6.07, 6.45) is 2.39. The topological polar surface area (TPSA) is 47.2 Å². The Hall–Kier alpha value is -1.53. The first-order valence-corrected chi connectivity index (χ1v) is 8.60. The first-order chi connectivity index (χ1) is 10.1. The Morgan fingerprint density at radius 2 is 2.33 bits per heavy atom. The SMILES string of the molecule is CC(Sc1cccc[n+]1[O-])C(=O)N1CCc2sccc2C1.